The van der Waals surface area contributed by atoms with Crippen LogP contribution in [0.4, 0.5) is 5.69 Å². The average Bonchev–Trinajstić information content (AvgIpc) is 3.30. The van der Waals surface area contributed by atoms with Crippen molar-refractivity contribution in [3.63, 3.8) is 0 Å². The lowest BCUT2D eigenvalue weighted by molar-refractivity contribution is 0.922. The third-order valence-electron chi connectivity index (χ3n) is 4.02. The fourth-order valence-electron chi connectivity index (χ4n) is 2.79. The molecule has 1 N–H and O–H groups in total. The molecule has 0 amide bonds. The highest BCUT2D eigenvalue weighted by atomic mass is 14.9. The van der Waals surface area contributed by atoms with Crippen molar-refractivity contribution in [2.45, 2.75) is 51.9 Å². The minimum atomic E-state index is 0.705. The van der Waals surface area contributed by atoms with E-state index in [0.717, 1.165) is 19.4 Å². The molecule has 1 heterocycles. The summed E-state index contributed by atoms with van der Waals surface area (Å²) in [7, 11) is 0. The maximum Gasteiger partial charge on any atom is 0.0758 e. The zero-order valence-corrected chi connectivity index (χ0v) is 12.6. The standard InChI is InChI=1S/C18H24N2/c1-3-6-14-7-5-8-15-17(19-11-4-2)12-16(13-9-10-13)20-18(14)15/h5,7-8,12-13H,3-4,6,9-11H2,1-2H3,(H,19,20). The zero-order chi connectivity index (χ0) is 13.9. The van der Waals surface area contributed by atoms with Gasteiger partial charge in [0.05, 0.1) is 5.52 Å². The Morgan fingerprint density at radius 2 is 2.05 bits per heavy atom. The molecule has 1 saturated carbocycles. The van der Waals surface area contributed by atoms with Crippen molar-refractivity contribution < 1.29 is 0 Å². The lowest BCUT2D eigenvalue weighted by Crippen LogP contribution is -2.03. The van der Waals surface area contributed by atoms with Crippen LogP contribution in [0.2, 0.25) is 0 Å². The number of para-hydroxylation sites is 1. The molecule has 0 spiro atoms. The summed E-state index contributed by atoms with van der Waals surface area (Å²) in [5, 5.41) is 4.88. The Kier molecular flexibility index (Phi) is 3.90. The minimum Gasteiger partial charge on any atom is -0.384 e. The van der Waals surface area contributed by atoms with Crippen molar-refractivity contribution in [2.24, 2.45) is 0 Å². The molecule has 1 fully saturated rings. The number of rotatable bonds is 6. The molecule has 2 heteroatoms. The number of hydrogen-bond acceptors (Lipinski definition) is 2. The van der Waals surface area contributed by atoms with E-state index in [9.17, 15) is 0 Å². The van der Waals surface area contributed by atoms with E-state index in [2.05, 4.69) is 43.4 Å². The normalized spacial score (nSPS) is 14.7. The monoisotopic (exact) mass is 268 g/mol. The predicted molar refractivity (Wildman–Crippen MR) is 86.5 cm³/mol. The summed E-state index contributed by atoms with van der Waals surface area (Å²) in [6.07, 6.45) is 6.05. The molecule has 0 unspecified atom stereocenters. The van der Waals surface area contributed by atoms with Crippen molar-refractivity contribution in [3.05, 3.63) is 35.5 Å². The van der Waals surface area contributed by atoms with Crippen LogP contribution in [0.25, 0.3) is 10.9 Å². The first-order valence-electron chi connectivity index (χ1n) is 8.00. The van der Waals surface area contributed by atoms with Crippen molar-refractivity contribution in [1.82, 2.24) is 4.98 Å². The maximum absolute atomic E-state index is 4.98. The number of pyridine rings is 1. The molecular weight excluding hydrogens is 244 g/mol. The number of nitrogens with one attached hydrogen (secondary N) is 1. The van der Waals surface area contributed by atoms with Gasteiger partial charge in [-0.1, -0.05) is 38.5 Å². The second-order valence-corrected chi connectivity index (χ2v) is 5.86. The molecule has 1 aromatic heterocycles. The van der Waals surface area contributed by atoms with Crippen LogP contribution in [-0.2, 0) is 6.42 Å². The van der Waals surface area contributed by atoms with E-state index in [4.69, 9.17) is 4.98 Å². The highest BCUT2D eigenvalue weighted by Crippen LogP contribution is 2.41. The highest BCUT2D eigenvalue weighted by Gasteiger charge is 2.26. The Morgan fingerprint density at radius 3 is 2.75 bits per heavy atom. The molecular formula is C18H24N2. The van der Waals surface area contributed by atoms with Crippen molar-refractivity contribution >= 4 is 16.6 Å². The molecule has 1 aliphatic rings. The third kappa shape index (κ3) is 2.65. The van der Waals surface area contributed by atoms with Gasteiger partial charge in [-0.05, 0) is 37.3 Å². The summed E-state index contributed by atoms with van der Waals surface area (Å²) >= 11 is 0. The lowest BCUT2D eigenvalue weighted by atomic mass is 10.0. The summed E-state index contributed by atoms with van der Waals surface area (Å²) in [5.41, 5.74) is 5.18. The van der Waals surface area contributed by atoms with Gasteiger partial charge >= 0.3 is 0 Å². The van der Waals surface area contributed by atoms with Gasteiger partial charge in [-0.25, -0.2) is 0 Å². The Hall–Kier alpha value is -1.57. The number of hydrogen-bond donors (Lipinski definition) is 1. The second kappa shape index (κ2) is 5.82. The number of aryl methyl sites for hydroxylation is 1. The predicted octanol–water partition coefficient (Wildman–Crippen LogP) is 4.89. The van der Waals surface area contributed by atoms with E-state index in [0.29, 0.717) is 5.92 Å². The van der Waals surface area contributed by atoms with Crippen LogP contribution in [-0.4, -0.2) is 11.5 Å². The summed E-state index contributed by atoms with van der Waals surface area (Å²) in [6, 6.07) is 8.89. The largest absolute Gasteiger partial charge is 0.384 e. The summed E-state index contributed by atoms with van der Waals surface area (Å²) in [5.74, 6) is 0.705. The van der Waals surface area contributed by atoms with Crippen LogP contribution >= 0.6 is 0 Å². The number of aromatic nitrogens is 1. The van der Waals surface area contributed by atoms with E-state index in [1.165, 1.54) is 47.1 Å². The topological polar surface area (TPSA) is 24.9 Å². The first-order chi connectivity index (χ1) is 9.83. The molecule has 106 valence electrons. The fourth-order valence-corrected chi connectivity index (χ4v) is 2.79. The molecule has 1 aliphatic carbocycles. The smallest absolute Gasteiger partial charge is 0.0758 e. The SMILES string of the molecule is CCCNc1cc(C2CC2)nc2c(CCC)cccc12. The fraction of sp³-hybridized carbons (Fsp3) is 0.500. The third-order valence-corrected chi connectivity index (χ3v) is 4.02. The molecule has 3 rings (SSSR count). The number of anilines is 1. The second-order valence-electron chi connectivity index (χ2n) is 5.86. The number of nitrogens with zero attached hydrogens (tertiary/aromatic N) is 1. The van der Waals surface area contributed by atoms with Gasteiger partial charge in [0.1, 0.15) is 0 Å². The number of benzene rings is 1. The van der Waals surface area contributed by atoms with Crippen LogP contribution in [0.5, 0.6) is 0 Å². The quantitative estimate of drug-likeness (QED) is 0.807. The van der Waals surface area contributed by atoms with Crippen LogP contribution < -0.4 is 5.32 Å². The first-order valence-corrected chi connectivity index (χ1v) is 8.00. The van der Waals surface area contributed by atoms with Gasteiger partial charge in [-0.2, -0.15) is 0 Å². The Balaban J connectivity index is 2.11. The van der Waals surface area contributed by atoms with Crippen LogP contribution in [0, 0.1) is 0 Å². The summed E-state index contributed by atoms with van der Waals surface area (Å²) < 4.78 is 0. The summed E-state index contributed by atoms with van der Waals surface area (Å²) in [4.78, 5) is 4.98. The summed E-state index contributed by atoms with van der Waals surface area (Å²) in [6.45, 7) is 5.47. The molecule has 20 heavy (non-hydrogen) atoms. The molecule has 2 nitrogen and oxygen atoms in total. The molecule has 2 aromatic rings. The lowest BCUT2D eigenvalue weighted by Gasteiger charge is -2.13. The number of fused-ring (bicyclic) bond motifs is 1. The van der Waals surface area contributed by atoms with E-state index < -0.39 is 0 Å². The molecule has 0 bridgehead atoms. The average molecular weight is 268 g/mol. The Bertz CT molecular complexity index is 600. The van der Waals surface area contributed by atoms with Crippen LogP contribution in [0.1, 0.15) is 56.7 Å². The zero-order valence-electron chi connectivity index (χ0n) is 12.6. The Morgan fingerprint density at radius 1 is 1.20 bits per heavy atom. The van der Waals surface area contributed by atoms with E-state index >= 15 is 0 Å². The molecule has 0 atom stereocenters. The van der Waals surface area contributed by atoms with Crippen LogP contribution in [0.15, 0.2) is 24.3 Å². The van der Waals surface area contributed by atoms with Crippen molar-refractivity contribution in [3.8, 4) is 0 Å². The van der Waals surface area contributed by atoms with Gasteiger partial charge in [0.2, 0.25) is 0 Å². The minimum absolute atomic E-state index is 0.705. The highest BCUT2D eigenvalue weighted by molar-refractivity contribution is 5.93. The molecule has 0 radical (unpaired) electrons. The van der Waals surface area contributed by atoms with E-state index in [-0.39, 0.29) is 0 Å². The van der Waals surface area contributed by atoms with Crippen molar-refractivity contribution in [2.75, 3.05) is 11.9 Å². The van der Waals surface area contributed by atoms with Gasteiger partial charge in [0.15, 0.2) is 0 Å². The van der Waals surface area contributed by atoms with E-state index in [1.54, 1.807) is 0 Å². The Labute approximate surface area is 121 Å². The van der Waals surface area contributed by atoms with Crippen LogP contribution in [0.3, 0.4) is 0 Å². The van der Waals surface area contributed by atoms with E-state index in [1.807, 2.05) is 0 Å². The van der Waals surface area contributed by atoms with Gasteiger partial charge in [-0.15, -0.1) is 0 Å². The van der Waals surface area contributed by atoms with Gasteiger partial charge in [0.25, 0.3) is 0 Å². The first kappa shape index (κ1) is 13.4. The molecule has 1 aromatic carbocycles. The van der Waals surface area contributed by atoms with Gasteiger partial charge < -0.3 is 5.32 Å². The maximum atomic E-state index is 4.98. The van der Waals surface area contributed by atoms with Gasteiger partial charge in [-0.3, -0.25) is 4.98 Å². The molecule has 0 saturated heterocycles. The van der Waals surface area contributed by atoms with Crippen molar-refractivity contribution in [1.29, 1.82) is 0 Å². The molecule has 0 aliphatic heterocycles. The van der Waals surface area contributed by atoms with Gasteiger partial charge in [0, 0.05) is 29.2 Å².